The number of aromatic amines is 1. The van der Waals surface area contributed by atoms with Gasteiger partial charge in [-0.15, -0.1) is 0 Å². The van der Waals surface area contributed by atoms with E-state index in [1.54, 1.807) is 0 Å². The first kappa shape index (κ1) is 15.4. The van der Waals surface area contributed by atoms with E-state index >= 15 is 0 Å². The van der Waals surface area contributed by atoms with Crippen molar-refractivity contribution >= 4 is 5.91 Å². The zero-order chi connectivity index (χ0) is 16.2. The van der Waals surface area contributed by atoms with Gasteiger partial charge in [0.05, 0.1) is 18.8 Å². The normalized spacial score (nSPS) is 20.4. The largest absolute Gasteiger partial charge is 0.496 e. The summed E-state index contributed by atoms with van der Waals surface area (Å²) in [7, 11) is 1.44. The third-order valence-electron chi connectivity index (χ3n) is 3.74. The molecule has 0 unspecified atom stereocenters. The van der Waals surface area contributed by atoms with Crippen LogP contribution in [0.2, 0.25) is 0 Å². The molecule has 0 bridgehead atoms. The number of ether oxygens (including phenoxy) is 2. The molecule has 2 heterocycles. The number of carbonyl (C=O) groups is 1. The van der Waals surface area contributed by atoms with Gasteiger partial charge in [-0.3, -0.25) is 9.89 Å². The molecule has 7 nitrogen and oxygen atoms in total. The van der Waals surface area contributed by atoms with Gasteiger partial charge < -0.3 is 14.8 Å². The van der Waals surface area contributed by atoms with Gasteiger partial charge in [-0.2, -0.15) is 5.10 Å². The highest BCUT2D eigenvalue weighted by molar-refractivity contribution is 5.96. The molecule has 0 spiro atoms. The maximum absolute atomic E-state index is 13.3. The SMILES string of the molecule is COc1ccc(F)cc1C(=O)NC[C@H]1CC[C@@H](c2ncn[nH]2)O1. The molecule has 122 valence electrons. The number of aromatic nitrogens is 3. The van der Waals surface area contributed by atoms with Gasteiger partial charge in [0.2, 0.25) is 0 Å². The second-order valence-corrected chi connectivity index (χ2v) is 5.25. The van der Waals surface area contributed by atoms with E-state index in [0.717, 1.165) is 18.9 Å². The summed E-state index contributed by atoms with van der Waals surface area (Å²) in [4.78, 5) is 16.3. The van der Waals surface area contributed by atoms with Crippen LogP contribution in [0.1, 0.15) is 35.1 Å². The number of carbonyl (C=O) groups excluding carboxylic acids is 1. The molecule has 23 heavy (non-hydrogen) atoms. The summed E-state index contributed by atoms with van der Waals surface area (Å²) >= 11 is 0. The van der Waals surface area contributed by atoms with Gasteiger partial charge in [0.15, 0.2) is 5.82 Å². The standard InChI is InChI=1S/C15H17FN4O3/c1-22-12-4-2-9(16)6-11(12)15(21)17-7-10-3-5-13(23-10)14-18-8-19-20-14/h2,4,6,8,10,13H,3,5,7H2,1H3,(H,17,21)(H,18,19,20)/t10-,13+/m1/s1. The number of rotatable bonds is 5. The van der Waals surface area contributed by atoms with Gasteiger partial charge in [-0.1, -0.05) is 0 Å². The number of benzene rings is 1. The van der Waals surface area contributed by atoms with Crippen LogP contribution in [0.5, 0.6) is 5.75 Å². The Hall–Kier alpha value is -2.48. The van der Waals surface area contributed by atoms with Crippen LogP contribution in [0, 0.1) is 5.82 Å². The fourth-order valence-electron chi connectivity index (χ4n) is 2.59. The molecular formula is C15H17FN4O3. The van der Waals surface area contributed by atoms with E-state index in [-0.39, 0.29) is 17.8 Å². The van der Waals surface area contributed by atoms with Gasteiger partial charge in [-0.25, -0.2) is 9.37 Å². The van der Waals surface area contributed by atoms with Crippen LogP contribution in [0.25, 0.3) is 0 Å². The summed E-state index contributed by atoms with van der Waals surface area (Å²) < 4.78 is 24.2. The molecule has 1 fully saturated rings. The summed E-state index contributed by atoms with van der Waals surface area (Å²) in [5.74, 6) is 0.132. The van der Waals surface area contributed by atoms with Crippen LogP contribution in [0.15, 0.2) is 24.5 Å². The number of methoxy groups -OCH3 is 1. The maximum atomic E-state index is 13.3. The minimum atomic E-state index is -0.488. The van der Waals surface area contributed by atoms with Crippen molar-refractivity contribution in [2.75, 3.05) is 13.7 Å². The number of amides is 1. The first-order valence-electron chi connectivity index (χ1n) is 7.30. The first-order chi connectivity index (χ1) is 11.2. The zero-order valence-electron chi connectivity index (χ0n) is 12.6. The Morgan fingerprint density at radius 3 is 3.13 bits per heavy atom. The fraction of sp³-hybridized carbons (Fsp3) is 0.400. The molecule has 2 N–H and O–H groups in total. The second kappa shape index (κ2) is 6.74. The number of hydrogen-bond acceptors (Lipinski definition) is 5. The van der Waals surface area contributed by atoms with Crippen molar-refractivity contribution in [3.63, 3.8) is 0 Å². The van der Waals surface area contributed by atoms with E-state index in [2.05, 4.69) is 20.5 Å². The highest BCUT2D eigenvalue weighted by Crippen LogP contribution is 2.30. The molecule has 1 amide bonds. The molecule has 0 aliphatic carbocycles. The van der Waals surface area contributed by atoms with Crippen LogP contribution >= 0.6 is 0 Å². The van der Waals surface area contributed by atoms with Crippen LogP contribution in [0.3, 0.4) is 0 Å². The summed E-state index contributed by atoms with van der Waals surface area (Å²) in [6, 6.07) is 3.83. The molecule has 0 radical (unpaired) electrons. The van der Waals surface area contributed by atoms with Gasteiger partial charge in [-0.05, 0) is 31.0 Å². The number of hydrogen-bond donors (Lipinski definition) is 2. The topological polar surface area (TPSA) is 89.1 Å². The van der Waals surface area contributed by atoms with Crippen molar-refractivity contribution in [1.82, 2.24) is 20.5 Å². The van der Waals surface area contributed by atoms with Crippen LogP contribution < -0.4 is 10.1 Å². The Kier molecular flexibility index (Phi) is 4.52. The van der Waals surface area contributed by atoms with E-state index in [4.69, 9.17) is 9.47 Å². The second-order valence-electron chi connectivity index (χ2n) is 5.25. The van der Waals surface area contributed by atoms with E-state index in [9.17, 15) is 9.18 Å². The first-order valence-corrected chi connectivity index (χ1v) is 7.30. The van der Waals surface area contributed by atoms with Crippen molar-refractivity contribution < 1.29 is 18.7 Å². The molecule has 2 aromatic rings. The molecule has 2 atom stereocenters. The highest BCUT2D eigenvalue weighted by atomic mass is 19.1. The van der Waals surface area contributed by atoms with Crippen molar-refractivity contribution in [3.8, 4) is 5.75 Å². The summed E-state index contributed by atoms with van der Waals surface area (Å²) in [5, 5.41) is 9.33. The molecule has 8 heteroatoms. The minimum Gasteiger partial charge on any atom is -0.496 e. The predicted molar refractivity (Wildman–Crippen MR) is 78.5 cm³/mol. The van der Waals surface area contributed by atoms with Crippen molar-refractivity contribution in [1.29, 1.82) is 0 Å². The van der Waals surface area contributed by atoms with E-state index < -0.39 is 11.7 Å². The number of halogens is 1. The molecule has 1 aromatic carbocycles. The monoisotopic (exact) mass is 320 g/mol. The van der Waals surface area contributed by atoms with Gasteiger partial charge in [0.25, 0.3) is 5.91 Å². The lowest BCUT2D eigenvalue weighted by Crippen LogP contribution is -2.32. The lowest BCUT2D eigenvalue weighted by molar-refractivity contribution is 0.0392. The Morgan fingerprint density at radius 1 is 1.52 bits per heavy atom. The number of H-pyrrole nitrogens is 1. The molecule has 1 saturated heterocycles. The van der Waals surface area contributed by atoms with Crippen molar-refractivity contribution in [2.24, 2.45) is 0 Å². The van der Waals surface area contributed by atoms with E-state index in [0.29, 0.717) is 18.1 Å². The lowest BCUT2D eigenvalue weighted by Gasteiger charge is -2.14. The lowest BCUT2D eigenvalue weighted by atomic mass is 10.1. The fourth-order valence-corrected chi connectivity index (χ4v) is 2.59. The maximum Gasteiger partial charge on any atom is 0.255 e. The summed E-state index contributed by atoms with van der Waals surface area (Å²) in [6.45, 7) is 0.336. The van der Waals surface area contributed by atoms with Crippen LogP contribution in [-0.4, -0.2) is 40.8 Å². The highest BCUT2D eigenvalue weighted by Gasteiger charge is 2.28. The third kappa shape index (κ3) is 3.48. The molecule has 3 rings (SSSR count). The Labute approximate surface area is 132 Å². The van der Waals surface area contributed by atoms with Crippen molar-refractivity contribution in [2.45, 2.75) is 25.0 Å². The molecule has 1 aliphatic rings. The number of nitrogens with zero attached hydrogens (tertiary/aromatic N) is 2. The summed E-state index contributed by atoms with van der Waals surface area (Å²) in [5.41, 5.74) is 0.164. The Bertz CT molecular complexity index is 677. The molecule has 0 saturated carbocycles. The molecule has 1 aromatic heterocycles. The predicted octanol–water partition coefficient (Wildman–Crippen LogP) is 1.60. The Balaban J connectivity index is 1.57. The molecule has 1 aliphatic heterocycles. The average molecular weight is 320 g/mol. The number of nitrogens with one attached hydrogen (secondary N) is 2. The van der Waals surface area contributed by atoms with Gasteiger partial charge in [0.1, 0.15) is 24.0 Å². The average Bonchev–Trinajstić information content (AvgIpc) is 3.23. The quantitative estimate of drug-likeness (QED) is 0.873. The third-order valence-corrected chi connectivity index (χ3v) is 3.74. The molecular weight excluding hydrogens is 303 g/mol. The smallest absolute Gasteiger partial charge is 0.255 e. The van der Waals surface area contributed by atoms with Crippen LogP contribution in [-0.2, 0) is 4.74 Å². The van der Waals surface area contributed by atoms with Crippen molar-refractivity contribution in [3.05, 3.63) is 41.7 Å². The zero-order valence-corrected chi connectivity index (χ0v) is 12.6. The van der Waals surface area contributed by atoms with Gasteiger partial charge >= 0.3 is 0 Å². The van der Waals surface area contributed by atoms with E-state index in [1.165, 1.54) is 25.6 Å². The minimum absolute atomic E-state index is 0.117. The van der Waals surface area contributed by atoms with E-state index in [1.807, 2.05) is 0 Å². The summed E-state index contributed by atoms with van der Waals surface area (Å²) in [6.07, 6.45) is 2.78. The van der Waals surface area contributed by atoms with Gasteiger partial charge in [0, 0.05) is 6.54 Å². The Morgan fingerprint density at radius 2 is 2.39 bits per heavy atom. The van der Waals surface area contributed by atoms with Crippen LogP contribution in [0.4, 0.5) is 4.39 Å².